The maximum atomic E-state index is 12.4. The van der Waals surface area contributed by atoms with Gasteiger partial charge < -0.3 is 14.8 Å². The second-order valence-corrected chi connectivity index (χ2v) is 5.63. The van der Waals surface area contributed by atoms with Gasteiger partial charge in [-0.05, 0) is 54.8 Å². The van der Waals surface area contributed by atoms with Crippen LogP contribution in [0, 0.1) is 0 Å². The summed E-state index contributed by atoms with van der Waals surface area (Å²) < 4.78 is 11.3. The fraction of sp³-hybridized carbons (Fsp3) is 0.286. The summed E-state index contributed by atoms with van der Waals surface area (Å²) >= 11 is 0. The lowest BCUT2D eigenvalue weighted by Crippen LogP contribution is -2.32. The lowest BCUT2D eigenvalue weighted by atomic mass is 10.1. The molecule has 0 fully saturated rings. The van der Waals surface area contributed by atoms with Crippen LogP contribution in [-0.2, 0) is 11.2 Å². The summed E-state index contributed by atoms with van der Waals surface area (Å²) in [6, 6.07) is 15.1. The smallest absolute Gasteiger partial charge is 0.265 e. The van der Waals surface area contributed by atoms with E-state index in [-0.39, 0.29) is 5.91 Å². The Hall–Kier alpha value is -2.75. The fourth-order valence-corrected chi connectivity index (χ4v) is 2.30. The Morgan fingerprint density at radius 3 is 2.28 bits per heavy atom. The minimum Gasteiger partial charge on any atom is -0.490 e. The number of benzene rings is 2. The van der Waals surface area contributed by atoms with E-state index in [0.29, 0.717) is 24.5 Å². The van der Waals surface area contributed by atoms with Crippen molar-refractivity contribution in [2.75, 3.05) is 11.9 Å². The van der Waals surface area contributed by atoms with Gasteiger partial charge in [0.05, 0.1) is 0 Å². The fourth-order valence-electron chi connectivity index (χ4n) is 2.30. The molecule has 1 unspecified atom stereocenters. The van der Waals surface area contributed by atoms with Gasteiger partial charge in [-0.25, -0.2) is 0 Å². The SMILES string of the molecule is C=CCOc1ccc(NC(=O)C(CC)Oc2ccc(CC)cc2)cc1. The van der Waals surface area contributed by atoms with Gasteiger partial charge in [0.25, 0.3) is 5.91 Å². The van der Waals surface area contributed by atoms with Gasteiger partial charge in [-0.2, -0.15) is 0 Å². The highest BCUT2D eigenvalue weighted by atomic mass is 16.5. The molecule has 2 aromatic rings. The standard InChI is InChI=1S/C21H25NO3/c1-4-15-24-18-13-9-17(10-14-18)22-21(23)20(6-3)25-19-11-7-16(5-2)8-12-19/h4,7-14,20H,1,5-6,15H2,2-3H3,(H,22,23). The molecule has 0 aliphatic carbocycles. The van der Waals surface area contributed by atoms with E-state index in [1.165, 1.54) is 5.56 Å². The summed E-state index contributed by atoms with van der Waals surface area (Å²) in [5.74, 6) is 1.27. The average molecular weight is 339 g/mol. The molecule has 0 heterocycles. The van der Waals surface area contributed by atoms with E-state index in [4.69, 9.17) is 9.47 Å². The zero-order chi connectivity index (χ0) is 18.1. The quantitative estimate of drug-likeness (QED) is 0.679. The van der Waals surface area contributed by atoms with Gasteiger partial charge in [-0.1, -0.05) is 38.6 Å². The number of anilines is 1. The van der Waals surface area contributed by atoms with Crippen LogP contribution in [0.2, 0.25) is 0 Å². The molecular formula is C21H25NO3. The van der Waals surface area contributed by atoms with Crippen molar-refractivity contribution in [3.63, 3.8) is 0 Å². The molecule has 1 amide bonds. The van der Waals surface area contributed by atoms with Crippen LogP contribution in [0.4, 0.5) is 5.69 Å². The maximum absolute atomic E-state index is 12.4. The van der Waals surface area contributed by atoms with Crippen molar-refractivity contribution in [1.29, 1.82) is 0 Å². The van der Waals surface area contributed by atoms with E-state index in [1.54, 1.807) is 18.2 Å². The largest absolute Gasteiger partial charge is 0.490 e. The molecule has 2 aromatic carbocycles. The third-order valence-electron chi connectivity index (χ3n) is 3.76. The Labute approximate surface area is 149 Å². The summed E-state index contributed by atoms with van der Waals surface area (Å²) in [5, 5.41) is 2.88. The molecule has 0 aliphatic heterocycles. The molecular weight excluding hydrogens is 314 g/mol. The van der Waals surface area contributed by atoms with Gasteiger partial charge in [0, 0.05) is 5.69 Å². The van der Waals surface area contributed by atoms with Crippen molar-refractivity contribution in [2.24, 2.45) is 0 Å². The first-order chi connectivity index (χ1) is 12.2. The van der Waals surface area contributed by atoms with Crippen molar-refractivity contribution in [2.45, 2.75) is 32.8 Å². The topological polar surface area (TPSA) is 47.6 Å². The van der Waals surface area contributed by atoms with Gasteiger partial charge in [0.2, 0.25) is 0 Å². The number of hydrogen-bond donors (Lipinski definition) is 1. The lowest BCUT2D eigenvalue weighted by molar-refractivity contribution is -0.122. The summed E-state index contributed by atoms with van der Waals surface area (Å²) in [4.78, 5) is 12.4. The second-order valence-electron chi connectivity index (χ2n) is 5.63. The molecule has 4 heteroatoms. The molecule has 1 N–H and O–H groups in total. The van der Waals surface area contributed by atoms with E-state index in [1.807, 2.05) is 43.3 Å². The predicted octanol–water partition coefficient (Wildman–Crippen LogP) is 4.61. The van der Waals surface area contributed by atoms with E-state index in [0.717, 1.165) is 12.2 Å². The summed E-state index contributed by atoms with van der Waals surface area (Å²) in [5.41, 5.74) is 1.95. The van der Waals surface area contributed by atoms with E-state index in [9.17, 15) is 4.79 Å². The van der Waals surface area contributed by atoms with Gasteiger partial charge in [-0.15, -0.1) is 0 Å². The van der Waals surface area contributed by atoms with Crippen LogP contribution in [0.25, 0.3) is 0 Å². The summed E-state index contributed by atoms with van der Waals surface area (Å²) in [6.07, 6.45) is 2.71. The van der Waals surface area contributed by atoms with Crippen molar-refractivity contribution in [3.05, 3.63) is 66.7 Å². The predicted molar refractivity (Wildman–Crippen MR) is 101 cm³/mol. The number of hydrogen-bond acceptors (Lipinski definition) is 3. The van der Waals surface area contributed by atoms with E-state index in [2.05, 4.69) is 18.8 Å². The van der Waals surface area contributed by atoms with Crippen LogP contribution >= 0.6 is 0 Å². The third kappa shape index (κ3) is 5.68. The Morgan fingerprint density at radius 1 is 1.08 bits per heavy atom. The minimum atomic E-state index is -0.538. The molecule has 0 saturated carbocycles. The number of carbonyl (C=O) groups is 1. The van der Waals surface area contributed by atoms with Crippen LogP contribution in [-0.4, -0.2) is 18.6 Å². The normalized spacial score (nSPS) is 11.4. The van der Waals surface area contributed by atoms with Crippen LogP contribution < -0.4 is 14.8 Å². The molecule has 1 atom stereocenters. The lowest BCUT2D eigenvalue weighted by Gasteiger charge is -2.17. The molecule has 2 rings (SSSR count). The van der Waals surface area contributed by atoms with Crippen molar-refractivity contribution < 1.29 is 14.3 Å². The van der Waals surface area contributed by atoms with Gasteiger partial charge in [0.1, 0.15) is 18.1 Å². The number of amides is 1. The van der Waals surface area contributed by atoms with E-state index < -0.39 is 6.10 Å². The average Bonchev–Trinajstić information content (AvgIpc) is 2.66. The first kappa shape index (κ1) is 18.6. The molecule has 0 radical (unpaired) electrons. The minimum absolute atomic E-state index is 0.165. The van der Waals surface area contributed by atoms with Crippen LogP contribution in [0.15, 0.2) is 61.2 Å². The highest BCUT2D eigenvalue weighted by Gasteiger charge is 2.18. The van der Waals surface area contributed by atoms with Crippen molar-refractivity contribution in [1.82, 2.24) is 0 Å². The maximum Gasteiger partial charge on any atom is 0.265 e. The Morgan fingerprint density at radius 2 is 1.72 bits per heavy atom. The monoisotopic (exact) mass is 339 g/mol. The number of ether oxygens (including phenoxy) is 2. The molecule has 25 heavy (non-hydrogen) atoms. The Bertz CT molecular complexity index is 677. The molecule has 0 aromatic heterocycles. The molecule has 0 bridgehead atoms. The Balaban J connectivity index is 1.95. The summed E-state index contributed by atoms with van der Waals surface area (Å²) in [7, 11) is 0. The molecule has 4 nitrogen and oxygen atoms in total. The van der Waals surface area contributed by atoms with E-state index >= 15 is 0 Å². The number of aryl methyl sites for hydroxylation is 1. The second kappa shape index (κ2) is 9.52. The zero-order valence-corrected chi connectivity index (χ0v) is 14.8. The zero-order valence-electron chi connectivity index (χ0n) is 14.8. The first-order valence-electron chi connectivity index (χ1n) is 8.56. The van der Waals surface area contributed by atoms with Gasteiger partial charge >= 0.3 is 0 Å². The number of carbonyl (C=O) groups excluding carboxylic acids is 1. The summed E-state index contributed by atoms with van der Waals surface area (Å²) in [6.45, 7) is 8.09. The molecule has 0 spiro atoms. The third-order valence-corrected chi connectivity index (χ3v) is 3.76. The highest BCUT2D eigenvalue weighted by molar-refractivity contribution is 5.94. The molecule has 0 saturated heterocycles. The molecule has 132 valence electrons. The van der Waals surface area contributed by atoms with Crippen molar-refractivity contribution >= 4 is 11.6 Å². The number of nitrogens with one attached hydrogen (secondary N) is 1. The molecule has 0 aliphatic rings. The van der Waals surface area contributed by atoms with Crippen LogP contribution in [0.3, 0.4) is 0 Å². The van der Waals surface area contributed by atoms with Crippen LogP contribution in [0.1, 0.15) is 25.8 Å². The Kier molecular flexibility index (Phi) is 7.08. The van der Waals surface area contributed by atoms with Crippen molar-refractivity contribution in [3.8, 4) is 11.5 Å². The highest BCUT2D eigenvalue weighted by Crippen LogP contribution is 2.18. The first-order valence-corrected chi connectivity index (χ1v) is 8.56. The van der Waals surface area contributed by atoms with Gasteiger partial charge in [-0.3, -0.25) is 4.79 Å². The van der Waals surface area contributed by atoms with Crippen LogP contribution in [0.5, 0.6) is 11.5 Å². The number of rotatable bonds is 9. The van der Waals surface area contributed by atoms with Gasteiger partial charge in [0.15, 0.2) is 6.10 Å².